The quantitative estimate of drug-likeness (QED) is 0.783. The van der Waals surface area contributed by atoms with Gasteiger partial charge in [-0.1, -0.05) is 0 Å². The SMILES string of the molecule is CC(C)(C)OC(=O)N1C2CCCC1c1cn[nH]c1C2. The maximum atomic E-state index is 12.4. The Bertz CT molecular complexity index is 489. The monoisotopic (exact) mass is 263 g/mol. The lowest BCUT2D eigenvalue weighted by molar-refractivity contribution is -0.00974. The second kappa shape index (κ2) is 4.25. The molecule has 0 saturated carbocycles. The Hall–Kier alpha value is -1.52. The summed E-state index contributed by atoms with van der Waals surface area (Å²) < 4.78 is 5.56. The van der Waals surface area contributed by atoms with Crippen LogP contribution >= 0.6 is 0 Å². The van der Waals surface area contributed by atoms with Crippen molar-refractivity contribution in [1.29, 1.82) is 0 Å². The number of piperidine rings is 1. The van der Waals surface area contributed by atoms with Crippen molar-refractivity contribution in [1.82, 2.24) is 15.1 Å². The van der Waals surface area contributed by atoms with Gasteiger partial charge in [0.25, 0.3) is 0 Å². The summed E-state index contributed by atoms with van der Waals surface area (Å²) in [5, 5.41) is 7.19. The fourth-order valence-electron chi connectivity index (χ4n) is 3.18. The summed E-state index contributed by atoms with van der Waals surface area (Å²) in [5.74, 6) is 0. The smallest absolute Gasteiger partial charge is 0.411 e. The third-order valence-corrected chi connectivity index (χ3v) is 3.90. The van der Waals surface area contributed by atoms with E-state index in [1.807, 2.05) is 31.9 Å². The first-order valence-electron chi connectivity index (χ1n) is 6.99. The number of nitrogens with one attached hydrogen (secondary N) is 1. The van der Waals surface area contributed by atoms with E-state index < -0.39 is 5.60 Å². The van der Waals surface area contributed by atoms with Gasteiger partial charge >= 0.3 is 6.09 Å². The van der Waals surface area contributed by atoms with E-state index in [-0.39, 0.29) is 18.2 Å². The lowest BCUT2D eigenvalue weighted by atomic mass is 9.84. The zero-order valence-electron chi connectivity index (χ0n) is 11.8. The molecular formula is C14H21N3O2. The predicted molar refractivity (Wildman–Crippen MR) is 70.7 cm³/mol. The maximum absolute atomic E-state index is 12.4. The minimum atomic E-state index is -0.442. The summed E-state index contributed by atoms with van der Waals surface area (Å²) >= 11 is 0. The number of carbonyl (C=O) groups is 1. The fraction of sp³-hybridized carbons (Fsp3) is 0.714. The summed E-state index contributed by atoms with van der Waals surface area (Å²) in [7, 11) is 0. The average molecular weight is 263 g/mol. The Balaban J connectivity index is 1.88. The number of ether oxygens (including phenoxy) is 1. The molecule has 5 nitrogen and oxygen atoms in total. The van der Waals surface area contributed by atoms with E-state index in [0.717, 1.165) is 19.3 Å². The lowest BCUT2D eigenvalue weighted by Crippen LogP contribution is -2.51. The second-order valence-corrected chi connectivity index (χ2v) is 6.50. The number of rotatable bonds is 0. The van der Waals surface area contributed by atoms with Crippen LogP contribution < -0.4 is 0 Å². The maximum Gasteiger partial charge on any atom is 0.411 e. The number of aromatic nitrogens is 2. The number of amides is 1. The Morgan fingerprint density at radius 2 is 2.26 bits per heavy atom. The van der Waals surface area contributed by atoms with Crippen LogP contribution in [0.4, 0.5) is 4.79 Å². The van der Waals surface area contributed by atoms with Crippen LogP contribution in [-0.4, -0.2) is 32.8 Å². The van der Waals surface area contributed by atoms with Crippen molar-refractivity contribution in [3.63, 3.8) is 0 Å². The molecular weight excluding hydrogens is 242 g/mol. The molecule has 2 aliphatic heterocycles. The molecule has 0 aromatic carbocycles. The van der Waals surface area contributed by atoms with Gasteiger partial charge in [-0.15, -0.1) is 0 Å². The molecule has 1 aromatic heterocycles. The molecule has 2 atom stereocenters. The van der Waals surface area contributed by atoms with Crippen molar-refractivity contribution in [2.45, 2.75) is 64.1 Å². The molecule has 2 bridgehead atoms. The number of fused-ring (bicyclic) bond motifs is 4. The third-order valence-electron chi connectivity index (χ3n) is 3.90. The van der Waals surface area contributed by atoms with Gasteiger partial charge in [0.05, 0.1) is 12.2 Å². The predicted octanol–water partition coefficient (Wildman–Crippen LogP) is 2.80. The molecule has 3 rings (SSSR count). The summed E-state index contributed by atoms with van der Waals surface area (Å²) in [4.78, 5) is 14.4. The van der Waals surface area contributed by atoms with Gasteiger partial charge in [-0.3, -0.25) is 10.00 Å². The lowest BCUT2D eigenvalue weighted by Gasteiger charge is -2.45. The van der Waals surface area contributed by atoms with Gasteiger partial charge in [-0.25, -0.2) is 4.79 Å². The van der Waals surface area contributed by atoms with E-state index in [1.54, 1.807) is 0 Å². The molecule has 1 N–H and O–H groups in total. The first-order valence-corrected chi connectivity index (χ1v) is 6.99. The van der Waals surface area contributed by atoms with E-state index in [0.29, 0.717) is 0 Å². The zero-order chi connectivity index (χ0) is 13.6. The molecule has 5 heteroatoms. The minimum absolute atomic E-state index is 0.135. The normalized spacial score (nSPS) is 25.9. The molecule has 1 saturated heterocycles. The standard InChI is InChI=1S/C14H21N3O2/c1-14(2,3)19-13(18)17-9-5-4-6-12(17)10-8-15-16-11(10)7-9/h8-9,12H,4-7H2,1-3H3,(H,15,16). The van der Waals surface area contributed by atoms with Crippen molar-refractivity contribution >= 4 is 6.09 Å². The van der Waals surface area contributed by atoms with E-state index in [1.165, 1.54) is 17.7 Å². The zero-order valence-corrected chi connectivity index (χ0v) is 11.8. The molecule has 0 spiro atoms. The van der Waals surface area contributed by atoms with Crippen LogP contribution in [0.15, 0.2) is 6.20 Å². The highest BCUT2D eigenvalue weighted by Crippen LogP contribution is 2.41. The van der Waals surface area contributed by atoms with E-state index in [9.17, 15) is 4.79 Å². The van der Waals surface area contributed by atoms with Crippen LogP contribution in [0, 0.1) is 0 Å². The molecule has 3 heterocycles. The first kappa shape index (κ1) is 12.5. The molecule has 1 amide bonds. The van der Waals surface area contributed by atoms with E-state index in [2.05, 4.69) is 10.2 Å². The average Bonchev–Trinajstić information content (AvgIpc) is 2.73. The molecule has 1 fully saturated rings. The summed E-state index contributed by atoms with van der Waals surface area (Å²) in [6.45, 7) is 5.73. The van der Waals surface area contributed by atoms with E-state index in [4.69, 9.17) is 4.74 Å². The van der Waals surface area contributed by atoms with Crippen LogP contribution in [0.5, 0.6) is 0 Å². The van der Waals surface area contributed by atoms with Crippen LogP contribution in [0.3, 0.4) is 0 Å². The molecule has 0 aliphatic carbocycles. The topological polar surface area (TPSA) is 58.2 Å². The van der Waals surface area contributed by atoms with Crippen LogP contribution in [0.2, 0.25) is 0 Å². The van der Waals surface area contributed by atoms with Gasteiger partial charge in [0.1, 0.15) is 5.60 Å². The Kier molecular flexibility index (Phi) is 2.80. The molecule has 2 unspecified atom stereocenters. The van der Waals surface area contributed by atoms with Crippen molar-refractivity contribution in [3.8, 4) is 0 Å². The highest BCUT2D eigenvalue weighted by molar-refractivity contribution is 5.70. The highest BCUT2D eigenvalue weighted by Gasteiger charge is 2.42. The molecule has 0 radical (unpaired) electrons. The highest BCUT2D eigenvalue weighted by atomic mass is 16.6. The molecule has 104 valence electrons. The van der Waals surface area contributed by atoms with Gasteiger partial charge in [0.2, 0.25) is 0 Å². The van der Waals surface area contributed by atoms with Gasteiger partial charge < -0.3 is 4.74 Å². The Labute approximate surface area is 113 Å². The number of hydrogen-bond acceptors (Lipinski definition) is 3. The van der Waals surface area contributed by atoms with Gasteiger partial charge in [0, 0.05) is 23.7 Å². The number of carbonyl (C=O) groups excluding carboxylic acids is 1. The van der Waals surface area contributed by atoms with Crippen molar-refractivity contribution in [2.24, 2.45) is 0 Å². The Morgan fingerprint density at radius 1 is 1.47 bits per heavy atom. The summed E-state index contributed by atoms with van der Waals surface area (Å²) in [6, 6.07) is 0.387. The van der Waals surface area contributed by atoms with Crippen molar-refractivity contribution < 1.29 is 9.53 Å². The Morgan fingerprint density at radius 3 is 3.00 bits per heavy atom. The summed E-state index contributed by atoms with van der Waals surface area (Å²) in [6.07, 6.45) is 5.76. The molecule has 2 aliphatic rings. The second-order valence-electron chi connectivity index (χ2n) is 6.50. The summed E-state index contributed by atoms with van der Waals surface area (Å²) in [5.41, 5.74) is 1.92. The van der Waals surface area contributed by atoms with Gasteiger partial charge in [-0.2, -0.15) is 5.10 Å². The fourth-order valence-corrected chi connectivity index (χ4v) is 3.18. The number of aromatic amines is 1. The van der Waals surface area contributed by atoms with Crippen LogP contribution in [0.25, 0.3) is 0 Å². The van der Waals surface area contributed by atoms with Crippen LogP contribution in [0.1, 0.15) is 57.3 Å². The minimum Gasteiger partial charge on any atom is -0.444 e. The number of hydrogen-bond donors (Lipinski definition) is 1. The molecule has 19 heavy (non-hydrogen) atoms. The van der Waals surface area contributed by atoms with E-state index >= 15 is 0 Å². The van der Waals surface area contributed by atoms with Gasteiger partial charge in [-0.05, 0) is 40.0 Å². The molecule has 1 aromatic rings. The first-order chi connectivity index (χ1) is 8.96. The number of nitrogens with zero attached hydrogens (tertiary/aromatic N) is 2. The third kappa shape index (κ3) is 2.22. The van der Waals surface area contributed by atoms with Crippen molar-refractivity contribution in [2.75, 3.05) is 0 Å². The van der Waals surface area contributed by atoms with Crippen molar-refractivity contribution in [3.05, 3.63) is 17.5 Å². The number of H-pyrrole nitrogens is 1. The largest absolute Gasteiger partial charge is 0.444 e. The van der Waals surface area contributed by atoms with Gasteiger partial charge in [0.15, 0.2) is 0 Å². The van der Waals surface area contributed by atoms with Crippen LogP contribution in [-0.2, 0) is 11.2 Å².